The molecule has 2 unspecified atom stereocenters. The first-order chi connectivity index (χ1) is 9.51. The molecule has 20 heavy (non-hydrogen) atoms. The van der Waals surface area contributed by atoms with E-state index >= 15 is 0 Å². The molecule has 2 atom stereocenters. The Morgan fingerprint density at radius 3 is 2.60 bits per heavy atom. The summed E-state index contributed by atoms with van der Waals surface area (Å²) in [5.74, 6) is -1.84. The highest BCUT2D eigenvalue weighted by Crippen LogP contribution is 2.20. The number of hydrogen-bond donors (Lipinski definition) is 3. The molecule has 0 aromatic rings. The van der Waals surface area contributed by atoms with Gasteiger partial charge in [0, 0.05) is 26.6 Å². The first kappa shape index (κ1) is 16.2. The number of carbonyl (C=O) groups is 3. The lowest BCUT2D eigenvalue weighted by molar-refractivity contribution is -0.142. The second-order valence-corrected chi connectivity index (χ2v) is 4.49. The lowest BCUT2D eigenvalue weighted by atomic mass is 10.0. The Hall–Kier alpha value is -1.83. The topological polar surface area (TPSA) is 108 Å². The van der Waals surface area contributed by atoms with Crippen molar-refractivity contribution >= 4 is 17.9 Å². The molecule has 1 fully saturated rings. The molecule has 0 saturated carbocycles. The maximum absolute atomic E-state index is 12.0. The van der Waals surface area contributed by atoms with E-state index in [0.717, 1.165) is 0 Å². The fourth-order valence-electron chi connectivity index (χ4n) is 2.12. The number of aliphatic carboxylic acids is 1. The van der Waals surface area contributed by atoms with Gasteiger partial charge in [-0.05, 0) is 6.92 Å². The second kappa shape index (κ2) is 7.68. The Bertz CT molecular complexity index is 374. The van der Waals surface area contributed by atoms with Gasteiger partial charge in [-0.15, -0.1) is 0 Å². The Labute approximate surface area is 117 Å². The van der Waals surface area contributed by atoms with E-state index in [0.29, 0.717) is 6.54 Å². The molecule has 0 radical (unpaired) electrons. The first-order valence-electron chi connectivity index (χ1n) is 6.56. The van der Waals surface area contributed by atoms with Gasteiger partial charge in [0.1, 0.15) is 5.92 Å². The van der Waals surface area contributed by atoms with Gasteiger partial charge in [0.05, 0.1) is 19.3 Å². The van der Waals surface area contributed by atoms with Crippen molar-refractivity contribution in [3.8, 4) is 0 Å². The molecule has 3 N–H and O–H groups in total. The monoisotopic (exact) mass is 287 g/mol. The van der Waals surface area contributed by atoms with Crippen LogP contribution in [0.2, 0.25) is 0 Å². The van der Waals surface area contributed by atoms with Crippen LogP contribution in [-0.2, 0) is 14.3 Å². The molecule has 0 bridgehead atoms. The maximum Gasteiger partial charge on any atom is 0.317 e. The van der Waals surface area contributed by atoms with E-state index in [2.05, 4.69) is 10.6 Å². The van der Waals surface area contributed by atoms with Gasteiger partial charge in [0.25, 0.3) is 0 Å². The van der Waals surface area contributed by atoms with E-state index < -0.39 is 17.9 Å². The van der Waals surface area contributed by atoms with E-state index in [1.807, 2.05) is 0 Å². The Morgan fingerprint density at radius 2 is 2.05 bits per heavy atom. The Balaban J connectivity index is 2.54. The summed E-state index contributed by atoms with van der Waals surface area (Å²) in [6, 6.07) is -0.851. The third kappa shape index (κ3) is 4.09. The molecule has 3 amide bonds. The van der Waals surface area contributed by atoms with Crippen molar-refractivity contribution in [3.63, 3.8) is 0 Å². The molecule has 8 heteroatoms. The van der Waals surface area contributed by atoms with Crippen molar-refractivity contribution in [1.82, 2.24) is 15.5 Å². The van der Waals surface area contributed by atoms with Crippen LogP contribution in [-0.4, -0.2) is 67.3 Å². The molecule has 0 spiro atoms. The number of carboxylic acid groups (broad SMARTS) is 1. The number of amides is 3. The smallest absolute Gasteiger partial charge is 0.317 e. The highest BCUT2D eigenvalue weighted by atomic mass is 16.5. The van der Waals surface area contributed by atoms with Crippen LogP contribution < -0.4 is 10.6 Å². The standard InChI is InChI=1S/C12H21N3O5/c1-3-15(9-7-20-6-8(9)11(17)18)12(19)14-5-4-10(16)13-2/h8-9H,3-7H2,1-2H3,(H,13,16)(H,14,19)(H,17,18). The van der Waals surface area contributed by atoms with Gasteiger partial charge in [-0.1, -0.05) is 0 Å². The number of hydrogen-bond acceptors (Lipinski definition) is 4. The fourth-order valence-corrected chi connectivity index (χ4v) is 2.12. The van der Waals surface area contributed by atoms with Crippen molar-refractivity contribution in [1.29, 1.82) is 0 Å². The molecule has 1 saturated heterocycles. The van der Waals surface area contributed by atoms with Gasteiger partial charge < -0.3 is 25.4 Å². The van der Waals surface area contributed by atoms with Crippen molar-refractivity contribution < 1.29 is 24.2 Å². The molecule has 0 aromatic carbocycles. The lowest BCUT2D eigenvalue weighted by Gasteiger charge is -2.29. The van der Waals surface area contributed by atoms with Crippen LogP contribution in [0.1, 0.15) is 13.3 Å². The highest BCUT2D eigenvalue weighted by Gasteiger charge is 2.39. The third-order valence-corrected chi connectivity index (χ3v) is 3.28. The van der Waals surface area contributed by atoms with Gasteiger partial charge >= 0.3 is 12.0 Å². The minimum atomic E-state index is -0.968. The number of nitrogens with zero attached hydrogens (tertiary/aromatic N) is 1. The number of ether oxygens (including phenoxy) is 1. The third-order valence-electron chi connectivity index (χ3n) is 3.28. The molecule has 0 aromatic heterocycles. The first-order valence-corrected chi connectivity index (χ1v) is 6.56. The number of nitrogens with one attached hydrogen (secondary N) is 2. The number of carboxylic acids is 1. The largest absolute Gasteiger partial charge is 0.481 e. The predicted octanol–water partition coefficient (Wildman–Crippen LogP) is -0.746. The average molecular weight is 287 g/mol. The number of carbonyl (C=O) groups excluding carboxylic acids is 2. The number of likely N-dealkylation sites (N-methyl/N-ethyl adjacent to an activating group) is 1. The Kier molecular flexibility index (Phi) is 6.23. The SMILES string of the molecule is CCN(C(=O)NCCC(=O)NC)C1COCC1C(=O)O. The quantitative estimate of drug-likeness (QED) is 0.596. The van der Waals surface area contributed by atoms with Crippen LogP contribution in [0, 0.1) is 5.92 Å². The molecule has 1 rings (SSSR count). The minimum Gasteiger partial charge on any atom is -0.481 e. The molecular formula is C12H21N3O5. The average Bonchev–Trinajstić information content (AvgIpc) is 2.88. The molecule has 1 aliphatic heterocycles. The van der Waals surface area contributed by atoms with E-state index in [4.69, 9.17) is 9.84 Å². The summed E-state index contributed by atoms with van der Waals surface area (Å²) in [6.45, 7) is 2.69. The van der Waals surface area contributed by atoms with E-state index in [1.165, 1.54) is 11.9 Å². The summed E-state index contributed by atoms with van der Waals surface area (Å²) in [4.78, 5) is 35.6. The summed E-state index contributed by atoms with van der Waals surface area (Å²) in [6.07, 6.45) is 0.184. The summed E-state index contributed by atoms with van der Waals surface area (Å²) in [7, 11) is 1.52. The van der Waals surface area contributed by atoms with Crippen LogP contribution in [0.15, 0.2) is 0 Å². The van der Waals surface area contributed by atoms with Crippen molar-refractivity contribution in [2.24, 2.45) is 5.92 Å². The normalized spacial score (nSPS) is 21.3. The molecule has 8 nitrogen and oxygen atoms in total. The molecule has 0 aliphatic carbocycles. The zero-order chi connectivity index (χ0) is 15.1. The number of urea groups is 1. The fraction of sp³-hybridized carbons (Fsp3) is 0.750. The van der Waals surface area contributed by atoms with Crippen molar-refractivity contribution in [3.05, 3.63) is 0 Å². The number of rotatable bonds is 6. The summed E-state index contributed by atoms with van der Waals surface area (Å²) in [5.41, 5.74) is 0. The molecule has 1 heterocycles. The van der Waals surface area contributed by atoms with Gasteiger partial charge in [0.2, 0.25) is 5.91 Å². The van der Waals surface area contributed by atoms with Gasteiger partial charge in [-0.25, -0.2) is 4.79 Å². The van der Waals surface area contributed by atoms with Crippen LogP contribution in [0.5, 0.6) is 0 Å². The van der Waals surface area contributed by atoms with Crippen molar-refractivity contribution in [2.75, 3.05) is 33.4 Å². The van der Waals surface area contributed by atoms with Crippen LogP contribution in [0.25, 0.3) is 0 Å². The molecule has 114 valence electrons. The van der Waals surface area contributed by atoms with Gasteiger partial charge in [-0.2, -0.15) is 0 Å². The summed E-state index contributed by atoms with van der Waals surface area (Å²) < 4.78 is 5.16. The molecular weight excluding hydrogens is 266 g/mol. The molecule has 1 aliphatic rings. The zero-order valence-corrected chi connectivity index (χ0v) is 11.7. The zero-order valence-electron chi connectivity index (χ0n) is 11.7. The summed E-state index contributed by atoms with van der Waals surface area (Å²) in [5, 5.41) is 14.2. The second-order valence-electron chi connectivity index (χ2n) is 4.49. The van der Waals surface area contributed by atoms with Gasteiger partial charge in [-0.3, -0.25) is 9.59 Å². The highest BCUT2D eigenvalue weighted by molar-refractivity contribution is 5.79. The van der Waals surface area contributed by atoms with E-state index in [-0.39, 0.29) is 38.1 Å². The maximum atomic E-state index is 12.0. The lowest BCUT2D eigenvalue weighted by Crippen LogP contribution is -2.50. The van der Waals surface area contributed by atoms with Crippen molar-refractivity contribution in [2.45, 2.75) is 19.4 Å². The minimum absolute atomic E-state index is 0.113. The Morgan fingerprint density at radius 1 is 1.35 bits per heavy atom. The van der Waals surface area contributed by atoms with Gasteiger partial charge in [0.15, 0.2) is 0 Å². The van der Waals surface area contributed by atoms with Crippen LogP contribution in [0.3, 0.4) is 0 Å². The summed E-state index contributed by atoms with van der Waals surface area (Å²) >= 11 is 0. The van der Waals surface area contributed by atoms with Crippen LogP contribution >= 0.6 is 0 Å². The predicted molar refractivity (Wildman–Crippen MR) is 70.2 cm³/mol. The van der Waals surface area contributed by atoms with E-state index in [9.17, 15) is 14.4 Å². The van der Waals surface area contributed by atoms with Crippen LogP contribution in [0.4, 0.5) is 4.79 Å². The van der Waals surface area contributed by atoms with E-state index in [1.54, 1.807) is 6.92 Å².